The van der Waals surface area contributed by atoms with Gasteiger partial charge in [-0.3, -0.25) is 4.79 Å². The van der Waals surface area contributed by atoms with Crippen LogP contribution in [0.2, 0.25) is 0 Å². The topological polar surface area (TPSA) is 82.4 Å². The molecule has 1 atom stereocenters. The summed E-state index contributed by atoms with van der Waals surface area (Å²) in [6, 6.07) is 13.4. The predicted octanol–water partition coefficient (Wildman–Crippen LogP) is 2.41. The maximum Gasteiger partial charge on any atom is 0.254 e. The molecule has 2 aliphatic heterocycles. The van der Waals surface area contributed by atoms with Crippen molar-refractivity contribution in [1.29, 1.82) is 0 Å². The quantitative estimate of drug-likeness (QED) is 0.697. The number of ether oxygens (including phenoxy) is 2. The molecule has 5 rings (SSSR count). The van der Waals surface area contributed by atoms with Gasteiger partial charge in [-0.15, -0.1) is 5.10 Å². The van der Waals surface area contributed by atoms with Gasteiger partial charge in [0.2, 0.25) is 0 Å². The van der Waals surface area contributed by atoms with Gasteiger partial charge in [0, 0.05) is 12.1 Å². The summed E-state index contributed by atoms with van der Waals surface area (Å²) in [6.07, 6.45) is 3.41. The van der Waals surface area contributed by atoms with Gasteiger partial charge in [0.15, 0.2) is 11.5 Å². The molecule has 2 aliphatic rings. The van der Waals surface area contributed by atoms with Crippen LogP contribution in [0.5, 0.6) is 11.5 Å². The van der Waals surface area contributed by atoms with Crippen LogP contribution in [0.4, 0.5) is 0 Å². The second-order valence-corrected chi connectivity index (χ2v) is 6.86. The molecule has 0 saturated carbocycles. The number of carbonyl (C=O) groups is 1. The van der Waals surface area contributed by atoms with Gasteiger partial charge in [-0.25, -0.2) is 4.68 Å². The summed E-state index contributed by atoms with van der Waals surface area (Å²) in [5.41, 5.74) is 2.45. The van der Waals surface area contributed by atoms with Crippen molar-refractivity contribution in [3.05, 3.63) is 59.9 Å². The molecule has 0 unspecified atom stereocenters. The van der Waals surface area contributed by atoms with Crippen LogP contribution in [0.3, 0.4) is 0 Å². The molecular weight excluding hydrogens is 358 g/mol. The molecule has 28 heavy (non-hydrogen) atoms. The molecule has 0 aliphatic carbocycles. The molecule has 0 radical (unpaired) electrons. The lowest BCUT2D eigenvalue weighted by Gasteiger charge is -2.27. The van der Waals surface area contributed by atoms with E-state index in [1.165, 1.54) is 6.33 Å². The summed E-state index contributed by atoms with van der Waals surface area (Å²) in [5.74, 6) is 1.52. The van der Waals surface area contributed by atoms with E-state index in [9.17, 15) is 4.79 Å². The Labute approximate surface area is 161 Å². The number of amides is 1. The van der Waals surface area contributed by atoms with Gasteiger partial charge >= 0.3 is 0 Å². The van der Waals surface area contributed by atoms with Crippen molar-refractivity contribution in [3.8, 4) is 17.2 Å². The van der Waals surface area contributed by atoms with E-state index in [1.807, 2.05) is 47.4 Å². The summed E-state index contributed by atoms with van der Waals surface area (Å²) < 4.78 is 12.9. The van der Waals surface area contributed by atoms with Gasteiger partial charge in [-0.1, -0.05) is 12.1 Å². The molecule has 0 spiro atoms. The first-order valence-electron chi connectivity index (χ1n) is 9.33. The fourth-order valence-electron chi connectivity index (χ4n) is 3.85. The monoisotopic (exact) mass is 377 g/mol. The van der Waals surface area contributed by atoms with Crippen LogP contribution in [0, 0.1) is 0 Å². The van der Waals surface area contributed by atoms with Crippen molar-refractivity contribution >= 4 is 5.91 Å². The number of benzene rings is 2. The van der Waals surface area contributed by atoms with Gasteiger partial charge < -0.3 is 14.4 Å². The average Bonchev–Trinajstić information content (AvgIpc) is 3.45. The van der Waals surface area contributed by atoms with E-state index < -0.39 is 0 Å². The number of fused-ring (bicyclic) bond motifs is 1. The number of likely N-dealkylation sites (tertiary alicyclic amines) is 1. The Balaban J connectivity index is 1.42. The van der Waals surface area contributed by atoms with Crippen LogP contribution in [-0.2, 0) is 0 Å². The third-order valence-electron chi connectivity index (χ3n) is 5.17. The Morgan fingerprint density at radius 3 is 2.82 bits per heavy atom. The molecule has 0 N–H and O–H groups in total. The molecule has 1 aromatic heterocycles. The normalized spacial score (nSPS) is 18.3. The minimum absolute atomic E-state index is 0.00677. The van der Waals surface area contributed by atoms with Crippen LogP contribution in [-0.4, -0.2) is 50.8 Å². The average molecular weight is 377 g/mol. The highest BCUT2D eigenvalue weighted by molar-refractivity contribution is 5.95. The van der Waals surface area contributed by atoms with E-state index in [4.69, 9.17) is 9.47 Å². The van der Waals surface area contributed by atoms with Crippen molar-refractivity contribution in [2.75, 3.05) is 19.8 Å². The number of rotatable bonds is 3. The van der Waals surface area contributed by atoms with Gasteiger partial charge in [0.05, 0.1) is 11.7 Å². The van der Waals surface area contributed by atoms with Gasteiger partial charge in [0.1, 0.15) is 19.5 Å². The first-order chi connectivity index (χ1) is 13.8. The van der Waals surface area contributed by atoms with Crippen LogP contribution < -0.4 is 9.47 Å². The van der Waals surface area contributed by atoms with Crippen LogP contribution in [0.1, 0.15) is 34.8 Å². The highest BCUT2D eigenvalue weighted by Crippen LogP contribution is 2.38. The molecule has 1 saturated heterocycles. The molecule has 8 heteroatoms. The Hall–Kier alpha value is -3.42. The lowest BCUT2D eigenvalue weighted by Crippen LogP contribution is -2.30. The van der Waals surface area contributed by atoms with E-state index in [1.54, 1.807) is 4.68 Å². The molecule has 142 valence electrons. The number of tetrazole rings is 1. The van der Waals surface area contributed by atoms with E-state index in [-0.39, 0.29) is 11.9 Å². The third kappa shape index (κ3) is 2.96. The number of carbonyl (C=O) groups excluding carboxylic acids is 1. The molecule has 3 aromatic rings. The molecular formula is C20H19N5O3. The van der Waals surface area contributed by atoms with Crippen molar-refractivity contribution < 1.29 is 14.3 Å². The fraction of sp³-hybridized carbons (Fsp3) is 0.300. The summed E-state index contributed by atoms with van der Waals surface area (Å²) in [4.78, 5) is 15.2. The maximum absolute atomic E-state index is 13.3. The molecule has 1 amide bonds. The number of hydrogen-bond donors (Lipinski definition) is 0. The lowest BCUT2D eigenvalue weighted by atomic mass is 10.0. The first-order valence-corrected chi connectivity index (χ1v) is 9.33. The van der Waals surface area contributed by atoms with Crippen LogP contribution in [0.25, 0.3) is 5.69 Å². The maximum atomic E-state index is 13.3. The minimum Gasteiger partial charge on any atom is -0.486 e. The highest BCUT2D eigenvalue weighted by atomic mass is 16.6. The lowest BCUT2D eigenvalue weighted by molar-refractivity contribution is 0.0735. The predicted molar refractivity (Wildman–Crippen MR) is 99.6 cm³/mol. The first kappa shape index (κ1) is 16.7. The molecule has 2 aromatic carbocycles. The second kappa shape index (κ2) is 6.95. The van der Waals surface area contributed by atoms with E-state index in [0.717, 1.165) is 42.1 Å². The van der Waals surface area contributed by atoms with Crippen molar-refractivity contribution in [2.24, 2.45) is 0 Å². The Morgan fingerprint density at radius 2 is 1.96 bits per heavy atom. The summed E-state index contributed by atoms with van der Waals surface area (Å²) in [5, 5.41) is 11.2. The Kier molecular flexibility index (Phi) is 4.16. The smallest absolute Gasteiger partial charge is 0.254 e. The highest BCUT2D eigenvalue weighted by Gasteiger charge is 2.31. The summed E-state index contributed by atoms with van der Waals surface area (Å²) in [6.45, 7) is 1.85. The minimum atomic E-state index is 0.00677. The second-order valence-electron chi connectivity index (χ2n) is 6.86. The summed E-state index contributed by atoms with van der Waals surface area (Å²) >= 11 is 0. The standard InChI is InChI=1S/C20H19N5O3/c26-20(15-3-1-4-16(11-15)25-13-21-22-23-25)24-8-2-5-17(24)14-6-7-18-19(12-14)28-10-9-27-18/h1,3-4,6-7,11-13,17H,2,5,8-10H2/t17-/m0/s1. The SMILES string of the molecule is O=C(c1cccc(-n2cnnn2)c1)N1CCC[C@H]1c1ccc2c(c1)OCCO2. The fourth-order valence-corrected chi connectivity index (χ4v) is 3.85. The zero-order chi connectivity index (χ0) is 18.9. The van der Waals surface area contributed by atoms with Gasteiger partial charge in [0.25, 0.3) is 5.91 Å². The third-order valence-corrected chi connectivity index (χ3v) is 5.17. The Bertz CT molecular complexity index is 1000. The zero-order valence-corrected chi connectivity index (χ0v) is 15.2. The van der Waals surface area contributed by atoms with Crippen molar-refractivity contribution in [3.63, 3.8) is 0 Å². The number of aromatic nitrogens is 4. The number of nitrogens with zero attached hydrogens (tertiary/aromatic N) is 5. The van der Waals surface area contributed by atoms with Crippen LogP contribution in [0.15, 0.2) is 48.8 Å². The van der Waals surface area contributed by atoms with E-state index in [0.29, 0.717) is 18.8 Å². The number of hydrogen-bond acceptors (Lipinski definition) is 6. The Morgan fingerprint density at radius 1 is 1.07 bits per heavy atom. The van der Waals surface area contributed by atoms with Crippen molar-refractivity contribution in [2.45, 2.75) is 18.9 Å². The van der Waals surface area contributed by atoms with Gasteiger partial charge in [-0.05, 0) is 59.2 Å². The van der Waals surface area contributed by atoms with Crippen LogP contribution >= 0.6 is 0 Å². The van der Waals surface area contributed by atoms with E-state index >= 15 is 0 Å². The van der Waals surface area contributed by atoms with E-state index in [2.05, 4.69) is 15.5 Å². The zero-order valence-electron chi connectivity index (χ0n) is 15.2. The summed E-state index contributed by atoms with van der Waals surface area (Å²) in [7, 11) is 0. The molecule has 8 nitrogen and oxygen atoms in total. The largest absolute Gasteiger partial charge is 0.486 e. The molecule has 0 bridgehead atoms. The molecule has 3 heterocycles. The van der Waals surface area contributed by atoms with Crippen molar-refractivity contribution in [1.82, 2.24) is 25.1 Å². The molecule has 1 fully saturated rings. The van der Waals surface area contributed by atoms with Gasteiger partial charge in [-0.2, -0.15) is 0 Å².